The van der Waals surface area contributed by atoms with Crippen LogP contribution in [0.3, 0.4) is 0 Å². The normalized spacial score (nSPS) is 23.8. The summed E-state index contributed by atoms with van der Waals surface area (Å²) in [5.74, 6) is 3.25. The predicted molar refractivity (Wildman–Crippen MR) is 135 cm³/mol. The van der Waals surface area contributed by atoms with Crippen molar-refractivity contribution in [2.75, 3.05) is 5.32 Å². The molecule has 2 aromatic rings. The summed E-state index contributed by atoms with van der Waals surface area (Å²) in [7, 11) is 0. The minimum atomic E-state index is -0.133. The smallest absolute Gasteiger partial charge is 0.168 e. The Bertz CT molecular complexity index is 917. The van der Waals surface area contributed by atoms with Crippen molar-refractivity contribution in [3.05, 3.63) is 47.7 Å². The van der Waals surface area contributed by atoms with E-state index in [0.29, 0.717) is 18.1 Å². The molecule has 4 nitrogen and oxygen atoms in total. The Hall–Kier alpha value is -2.10. The first kappa shape index (κ1) is 22.7. The van der Waals surface area contributed by atoms with Gasteiger partial charge in [0, 0.05) is 6.42 Å². The van der Waals surface area contributed by atoms with Gasteiger partial charge in [0.15, 0.2) is 5.78 Å². The van der Waals surface area contributed by atoms with E-state index < -0.39 is 0 Å². The summed E-state index contributed by atoms with van der Waals surface area (Å²) >= 11 is 0. The largest absolute Gasteiger partial charge is 0.363 e. The van der Waals surface area contributed by atoms with Crippen LogP contribution < -0.4 is 5.32 Å². The fraction of sp³-hybridized carbons (Fsp3) is 0.655. The minimum absolute atomic E-state index is 0.133. The van der Waals surface area contributed by atoms with Gasteiger partial charge in [-0.05, 0) is 43.6 Å². The van der Waals surface area contributed by atoms with E-state index in [1.54, 1.807) is 0 Å². The number of nitrogens with zero attached hydrogens (tertiary/aromatic N) is 2. The van der Waals surface area contributed by atoms with E-state index in [-0.39, 0.29) is 11.6 Å². The van der Waals surface area contributed by atoms with Gasteiger partial charge in [-0.1, -0.05) is 94.5 Å². The maximum atomic E-state index is 13.8. The van der Waals surface area contributed by atoms with Crippen LogP contribution in [0.2, 0.25) is 0 Å². The van der Waals surface area contributed by atoms with Gasteiger partial charge in [-0.15, -0.1) is 0 Å². The molecule has 2 heterocycles. The minimum Gasteiger partial charge on any atom is -0.363 e. The standard InChI is InChI=1S/C29H41N3O/c1-29(2)19-26(23-16-10-5-11-17-23)31-28-25(20-30-32(28)29)27(33)18-24(21-12-6-3-7-13-21)22-14-8-4-9-15-22/h5,10-11,16-17,20-22,24,26,31H,3-4,6-9,12-15,18-19H2,1-2H3. The topological polar surface area (TPSA) is 46.9 Å². The molecule has 0 bridgehead atoms. The Kier molecular flexibility index (Phi) is 6.62. The Morgan fingerprint density at radius 1 is 1.00 bits per heavy atom. The third-order valence-electron chi connectivity index (χ3n) is 8.79. The molecule has 1 unspecified atom stereocenters. The first-order chi connectivity index (χ1) is 16.0. The highest BCUT2D eigenvalue weighted by Gasteiger charge is 2.38. The molecule has 2 fully saturated rings. The molecule has 0 saturated heterocycles. The van der Waals surface area contributed by atoms with E-state index in [9.17, 15) is 4.79 Å². The summed E-state index contributed by atoms with van der Waals surface area (Å²) in [5.41, 5.74) is 1.95. The number of rotatable bonds is 6. The second-order valence-corrected chi connectivity index (χ2v) is 11.5. The number of carbonyl (C=O) groups is 1. The zero-order valence-corrected chi connectivity index (χ0v) is 20.6. The molecule has 0 radical (unpaired) electrons. The first-order valence-corrected chi connectivity index (χ1v) is 13.5. The molecule has 5 rings (SSSR count). The van der Waals surface area contributed by atoms with Gasteiger partial charge in [-0.3, -0.25) is 4.79 Å². The SMILES string of the molecule is CC1(C)CC(c2ccccc2)Nc2c(C(=O)CC(C3CCCCC3)C3CCCCC3)cnn21. The lowest BCUT2D eigenvalue weighted by Gasteiger charge is -2.39. The van der Waals surface area contributed by atoms with Crippen molar-refractivity contribution in [2.24, 2.45) is 17.8 Å². The van der Waals surface area contributed by atoms with Crippen LogP contribution in [0.1, 0.15) is 113 Å². The number of fused-ring (bicyclic) bond motifs is 1. The maximum Gasteiger partial charge on any atom is 0.168 e. The third-order valence-corrected chi connectivity index (χ3v) is 8.79. The molecule has 2 saturated carbocycles. The summed E-state index contributed by atoms with van der Waals surface area (Å²) in [5, 5.41) is 8.43. The van der Waals surface area contributed by atoms with Crippen LogP contribution in [0.5, 0.6) is 0 Å². The molecule has 1 aromatic carbocycles. The van der Waals surface area contributed by atoms with Crippen LogP contribution in [0, 0.1) is 17.8 Å². The van der Waals surface area contributed by atoms with Crippen molar-refractivity contribution < 1.29 is 4.79 Å². The molecule has 1 aromatic heterocycles. The number of benzene rings is 1. The molecule has 33 heavy (non-hydrogen) atoms. The van der Waals surface area contributed by atoms with E-state index in [1.807, 2.05) is 6.20 Å². The summed E-state index contributed by atoms with van der Waals surface area (Å²) in [6.45, 7) is 4.47. The van der Waals surface area contributed by atoms with Crippen LogP contribution in [-0.4, -0.2) is 15.6 Å². The molecule has 2 aliphatic carbocycles. The number of ketones is 1. The Labute approximate surface area is 199 Å². The number of nitrogens with one attached hydrogen (secondary N) is 1. The summed E-state index contributed by atoms with van der Waals surface area (Å²) in [6, 6.07) is 10.8. The first-order valence-electron chi connectivity index (χ1n) is 13.5. The van der Waals surface area contributed by atoms with E-state index in [1.165, 1.54) is 69.8 Å². The lowest BCUT2D eigenvalue weighted by Crippen LogP contribution is -2.38. The number of anilines is 1. The Balaban J connectivity index is 1.40. The van der Waals surface area contributed by atoms with E-state index in [4.69, 9.17) is 5.10 Å². The number of carbonyl (C=O) groups excluding carboxylic acids is 1. The fourth-order valence-electron chi connectivity index (χ4n) is 7.01. The van der Waals surface area contributed by atoms with E-state index in [0.717, 1.165) is 29.6 Å². The highest BCUT2D eigenvalue weighted by molar-refractivity contribution is 6.00. The number of Topliss-reactive ketones (excluding diaryl/α,β-unsaturated/α-hetero) is 1. The molecule has 0 spiro atoms. The zero-order chi connectivity index (χ0) is 22.8. The second kappa shape index (κ2) is 9.64. The van der Waals surface area contributed by atoms with Crippen LogP contribution in [-0.2, 0) is 5.54 Å². The van der Waals surface area contributed by atoms with Crippen molar-refractivity contribution in [1.82, 2.24) is 9.78 Å². The highest BCUT2D eigenvalue weighted by atomic mass is 16.1. The fourth-order valence-corrected chi connectivity index (χ4v) is 7.01. The molecule has 3 aliphatic rings. The highest BCUT2D eigenvalue weighted by Crippen LogP contribution is 2.44. The number of aromatic nitrogens is 2. The lowest BCUT2D eigenvalue weighted by atomic mass is 9.67. The molecule has 4 heteroatoms. The van der Waals surface area contributed by atoms with Crippen molar-refractivity contribution in [3.63, 3.8) is 0 Å². The molecule has 1 aliphatic heterocycles. The lowest BCUT2D eigenvalue weighted by molar-refractivity contribution is 0.0842. The Morgan fingerprint density at radius 3 is 2.21 bits per heavy atom. The van der Waals surface area contributed by atoms with Gasteiger partial charge in [-0.2, -0.15) is 5.10 Å². The number of hydrogen-bond donors (Lipinski definition) is 1. The third kappa shape index (κ3) is 4.76. The second-order valence-electron chi connectivity index (χ2n) is 11.5. The summed E-state index contributed by atoms with van der Waals surface area (Å²) < 4.78 is 2.07. The maximum absolute atomic E-state index is 13.8. The molecular formula is C29H41N3O. The molecule has 178 valence electrons. The van der Waals surface area contributed by atoms with Gasteiger partial charge >= 0.3 is 0 Å². The van der Waals surface area contributed by atoms with Crippen molar-refractivity contribution in [2.45, 2.75) is 102 Å². The van der Waals surface area contributed by atoms with Gasteiger partial charge in [0.2, 0.25) is 0 Å². The van der Waals surface area contributed by atoms with Gasteiger partial charge in [0.1, 0.15) is 5.82 Å². The van der Waals surface area contributed by atoms with Crippen molar-refractivity contribution in [3.8, 4) is 0 Å². The van der Waals surface area contributed by atoms with Crippen LogP contribution >= 0.6 is 0 Å². The van der Waals surface area contributed by atoms with Gasteiger partial charge in [0.05, 0.1) is 23.3 Å². The summed E-state index contributed by atoms with van der Waals surface area (Å²) in [4.78, 5) is 13.8. The van der Waals surface area contributed by atoms with E-state index in [2.05, 4.69) is 54.2 Å². The van der Waals surface area contributed by atoms with Gasteiger partial charge in [0.25, 0.3) is 0 Å². The van der Waals surface area contributed by atoms with Gasteiger partial charge < -0.3 is 5.32 Å². The van der Waals surface area contributed by atoms with Gasteiger partial charge in [-0.25, -0.2) is 4.68 Å². The zero-order valence-electron chi connectivity index (χ0n) is 20.6. The monoisotopic (exact) mass is 447 g/mol. The Morgan fingerprint density at radius 2 is 1.61 bits per heavy atom. The van der Waals surface area contributed by atoms with Crippen LogP contribution in [0.15, 0.2) is 36.5 Å². The molecule has 1 atom stereocenters. The molecule has 1 N–H and O–H groups in total. The average molecular weight is 448 g/mol. The summed E-state index contributed by atoms with van der Waals surface area (Å²) in [6.07, 6.45) is 16.9. The number of hydrogen-bond acceptors (Lipinski definition) is 3. The molecule has 0 amide bonds. The van der Waals surface area contributed by atoms with Crippen molar-refractivity contribution >= 4 is 11.6 Å². The van der Waals surface area contributed by atoms with Crippen LogP contribution in [0.25, 0.3) is 0 Å². The van der Waals surface area contributed by atoms with Crippen molar-refractivity contribution in [1.29, 1.82) is 0 Å². The quantitative estimate of drug-likeness (QED) is 0.466. The average Bonchev–Trinajstić information content (AvgIpc) is 3.29. The predicted octanol–water partition coefficient (Wildman–Crippen LogP) is 7.52. The molecular weight excluding hydrogens is 406 g/mol. The van der Waals surface area contributed by atoms with Crippen LogP contribution in [0.4, 0.5) is 5.82 Å². The van der Waals surface area contributed by atoms with E-state index >= 15 is 0 Å².